The summed E-state index contributed by atoms with van der Waals surface area (Å²) in [5, 5.41) is 1.04. The summed E-state index contributed by atoms with van der Waals surface area (Å²) in [6.45, 7) is 6.05. The van der Waals surface area contributed by atoms with Gasteiger partial charge in [-0.2, -0.15) is 0 Å². The van der Waals surface area contributed by atoms with Gasteiger partial charge in [-0.3, -0.25) is 4.79 Å². The Kier molecular flexibility index (Phi) is 4.11. The fourth-order valence-corrected chi connectivity index (χ4v) is 2.66. The smallest absolute Gasteiger partial charge is 0.254 e. The average Bonchev–Trinajstić information content (AvgIpc) is 2.14. The number of amides is 1. The van der Waals surface area contributed by atoms with Crippen LogP contribution in [0.3, 0.4) is 0 Å². The molecule has 0 bridgehead atoms. The van der Waals surface area contributed by atoms with Gasteiger partial charge in [0, 0.05) is 19.1 Å². The zero-order valence-electron chi connectivity index (χ0n) is 10.8. The van der Waals surface area contributed by atoms with Gasteiger partial charge < -0.3 is 4.90 Å². The summed E-state index contributed by atoms with van der Waals surface area (Å²) in [6.07, 6.45) is 0. The molecule has 4 heteroatoms. The summed E-state index contributed by atoms with van der Waals surface area (Å²) in [6, 6.07) is 3.40. The molecule has 0 radical (unpaired) electrons. The molecule has 0 aliphatic rings. The fraction of sp³-hybridized carbons (Fsp3) is 0.462. The Bertz CT molecular complexity index is 447. The summed E-state index contributed by atoms with van der Waals surface area (Å²) in [4.78, 5) is 13.5. The maximum absolute atomic E-state index is 12.0. The predicted octanol–water partition coefficient (Wildman–Crippen LogP) is 3.99. The summed E-state index contributed by atoms with van der Waals surface area (Å²) >= 11 is 12.5. The van der Waals surface area contributed by atoms with Crippen LogP contribution in [-0.2, 0) is 5.41 Å². The van der Waals surface area contributed by atoms with Crippen LogP contribution in [0.2, 0.25) is 10.0 Å². The van der Waals surface area contributed by atoms with Crippen LogP contribution >= 0.6 is 23.2 Å². The van der Waals surface area contributed by atoms with Gasteiger partial charge >= 0.3 is 0 Å². The Balaban J connectivity index is 3.45. The summed E-state index contributed by atoms with van der Waals surface area (Å²) in [5.74, 6) is -0.114. The van der Waals surface area contributed by atoms with Crippen molar-refractivity contribution in [2.75, 3.05) is 14.1 Å². The van der Waals surface area contributed by atoms with E-state index < -0.39 is 0 Å². The maximum Gasteiger partial charge on any atom is 0.254 e. The lowest BCUT2D eigenvalue weighted by molar-refractivity contribution is 0.0827. The quantitative estimate of drug-likeness (QED) is 0.758. The number of hydrogen-bond acceptors (Lipinski definition) is 1. The molecule has 0 aliphatic carbocycles. The molecule has 1 rings (SSSR count). The van der Waals surface area contributed by atoms with Gasteiger partial charge in [0.2, 0.25) is 0 Å². The molecule has 1 amide bonds. The van der Waals surface area contributed by atoms with Crippen LogP contribution in [0.4, 0.5) is 0 Å². The van der Waals surface area contributed by atoms with Crippen molar-refractivity contribution < 1.29 is 4.79 Å². The zero-order valence-corrected chi connectivity index (χ0v) is 12.3. The molecule has 94 valence electrons. The van der Waals surface area contributed by atoms with E-state index in [0.29, 0.717) is 15.6 Å². The molecule has 17 heavy (non-hydrogen) atoms. The van der Waals surface area contributed by atoms with E-state index >= 15 is 0 Å². The topological polar surface area (TPSA) is 20.3 Å². The highest BCUT2D eigenvalue weighted by Gasteiger charge is 2.25. The molecule has 0 aliphatic heterocycles. The first-order chi connectivity index (χ1) is 7.66. The van der Waals surface area contributed by atoms with Crippen molar-refractivity contribution in [3.8, 4) is 0 Å². The van der Waals surface area contributed by atoms with Gasteiger partial charge in [0.1, 0.15) is 0 Å². The fourth-order valence-electron chi connectivity index (χ4n) is 1.65. The number of benzene rings is 1. The van der Waals surface area contributed by atoms with E-state index in [2.05, 4.69) is 0 Å². The minimum Gasteiger partial charge on any atom is -0.345 e. The van der Waals surface area contributed by atoms with Crippen LogP contribution in [0.25, 0.3) is 0 Å². The van der Waals surface area contributed by atoms with Crippen molar-refractivity contribution >= 4 is 29.1 Å². The van der Waals surface area contributed by atoms with Crippen molar-refractivity contribution in [3.05, 3.63) is 33.3 Å². The molecular weight excluding hydrogens is 257 g/mol. The first kappa shape index (κ1) is 14.3. The molecule has 0 saturated heterocycles. The third kappa shape index (κ3) is 2.93. The molecular formula is C13H17Cl2NO. The van der Waals surface area contributed by atoms with E-state index in [4.69, 9.17) is 23.2 Å². The van der Waals surface area contributed by atoms with Gasteiger partial charge in [-0.05, 0) is 23.1 Å². The van der Waals surface area contributed by atoms with Gasteiger partial charge in [-0.25, -0.2) is 0 Å². The second kappa shape index (κ2) is 4.87. The highest BCUT2D eigenvalue weighted by Crippen LogP contribution is 2.37. The SMILES string of the molecule is CN(C)C(=O)c1ccc(Cl)c(C(C)(C)C)c1Cl. The molecule has 0 unspecified atom stereocenters. The minimum atomic E-state index is -0.198. The Morgan fingerprint density at radius 1 is 1.18 bits per heavy atom. The molecule has 0 fully saturated rings. The monoisotopic (exact) mass is 273 g/mol. The van der Waals surface area contributed by atoms with Crippen LogP contribution in [0.1, 0.15) is 36.7 Å². The Hall–Kier alpha value is -0.730. The van der Waals surface area contributed by atoms with E-state index in [1.807, 2.05) is 20.8 Å². The van der Waals surface area contributed by atoms with Gasteiger partial charge in [0.05, 0.1) is 10.6 Å². The van der Waals surface area contributed by atoms with Crippen LogP contribution in [0.15, 0.2) is 12.1 Å². The van der Waals surface area contributed by atoms with Crippen molar-refractivity contribution in [3.63, 3.8) is 0 Å². The lowest BCUT2D eigenvalue weighted by Crippen LogP contribution is -2.23. The van der Waals surface area contributed by atoms with Gasteiger partial charge in [0.25, 0.3) is 5.91 Å². The lowest BCUT2D eigenvalue weighted by atomic mass is 9.86. The van der Waals surface area contributed by atoms with Gasteiger partial charge in [0.15, 0.2) is 0 Å². The second-order valence-electron chi connectivity index (χ2n) is 5.23. The van der Waals surface area contributed by atoms with Crippen molar-refractivity contribution in [2.45, 2.75) is 26.2 Å². The Morgan fingerprint density at radius 3 is 2.12 bits per heavy atom. The molecule has 0 aromatic heterocycles. The van der Waals surface area contributed by atoms with Crippen molar-refractivity contribution in [1.29, 1.82) is 0 Å². The molecule has 0 heterocycles. The highest BCUT2D eigenvalue weighted by atomic mass is 35.5. The number of hydrogen-bond donors (Lipinski definition) is 0. The van der Waals surface area contributed by atoms with E-state index in [0.717, 1.165) is 5.56 Å². The van der Waals surface area contributed by atoms with Crippen LogP contribution < -0.4 is 0 Å². The summed E-state index contributed by atoms with van der Waals surface area (Å²) < 4.78 is 0. The molecule has 0 N–H and O–H groups in total. The summed E-state index contributed by atoms with van der Waals surface area (Å²) in [5.41, 5.74) is 1.11. The number of nitrogens with zero attached hydrogens (tertiary/aromatic N) is 1. The van der Waals surface area contributed by atoms with Gasteiger partial charge in [-0.15, -0.1) is 0 Å². The van der Waals surface area contributed by atoms with Crippen LogP contribution in [-0.4, -0.2) is 24.9 Å². The van der Waals surface area contributed by atoms with E-state index in [1.54, 1.807) is 26.2 Å². The number of halogens is 2. The van der Waals surface area contributed by atoms with Crippen LogP contribution in [0.5, 0.6) is 0 Å². The largest absolute Gasteiger partial charge is 0.345 e. The minimum absolute atomic E-state index is 0.114. The highest BCUT2D eigenvalue weighted by molar-refractivity contribution is 6.38. The van der Waals surface area contributed by atoms with E-state index in [-0.39, 0.29) is 11.3 Å². The number of carbonyl (C=O) groups excluding carboxylic acids is 1. The molecule has 0 saturated carbocycles. The molecule has 0 atom stereocenters. The van der Waals surface area contributed by atoms with E-state index in [1.165, 1.54) is 4.90 Å². The predicted molar refractivity (Wildman–Crippen MR) is 73.2 cm³/mol. The number of rotatable bonds is 1. The molecule has 1 aromatic rings. The Morgan fingerprint density at radius 2 is 1.71 bits per heavy atom. The standard InChI is InChI=1S/C13H17Cl2NO/c1-13(2,3)10-9(14)7-6-8(11(10)15)12(17)16(4)5/h6-7H,1-5H3. The molecule has 2 nitrogen and oxygen atoms in total. The van der Waals surface area contributed by atoms with Gasteiger partial charge in [-0.1, -0.05) is 44.0 Å². The normalized spacial score (nSPS) is 11.5. The van der Waals surface area contributed by atoms with Crippen LogP contribution in [0, 0.1) is 0 Å². The van der Waals surface area contributed by atoms with Crippen molar-refractivity contribution in [1.82, 2.24) is 4.90 Å². The van der Waals surface area contributed by atoms with Crippen molar-refractivity contribution in [2.24, 2.45) is 0 Å². The first-order valence-corrected chi connectivity index (χ1v) is 6.12. The second-order valence-corrected chi connectivity index (χ2v) is 6.02. The molecule has 1 aromatic carbocycles. The third-order valence-corrected chi connectivity index (χ3v) is 3.19. The van der Waals surface area contributed by atoms with E-state index in [9.17, 15) is 4.79 Å². The zero-order chi connectivity index (χ0) is 13.4. The Labute approximate surface area is 113 Å². The molecule has 0 spiro atoms. The summed E-state index contributed by atoms with van der Waals surface area (Å²) in [7, 11) is 3.40. The average molecular weight is 274 g/mol. The number of carbonyl (C=O) groups is 1. The first-order valence-electron chi connectivity index (χ1n) is 5.36. The lowest BCUT2D eigenvalue weighted by Gasteiger charge is -2.24. The maximum atomic E-state index is 12.0. The third-order valence-electron chi connectivity index (χ3n) is 2.48.